The molecule has 2 rings (SSSR count). The van der Waals surface area contributed by atoms with E-state index in [9.17, 15) is 9.90 Å². The number of hydrogen-bond acceptors (Lipinski definition) is 2. The third-order valence-electron chi connectivity index (χ3n) is 2.96. The number of carbonyl (C=O) groups excluding carboxylic acids is 1. The van der Waals surface area contributed by atoms with Gasteiger partial charge in [0.05, 0.1) is 6.04 Å². The molecule has 102 valence electrons. The topological polar surface area (TPSA) is 49.3 Å². The lowest BCUT2D eigenvalue weighted by molar-refractivity contribution is -0.117. The first kappa shape index (κ1) is 13.9. The number of hydrogen-bond donors (Lipinski definition) is 2. The van der Waals surface area contributed by atoms with Crippen molar-refractivity contribution in [2.45, 2.75) is 13.0 Å². The van der Waals surface area contributed by atoms with E-state index >= 15 is 0 Å². The van der Waals surface area contributed by atoms with Crippen molar-refractivity contribution in [1.29, 1.82) is 0 Å². The number of benzene rings is 2. The van der Waals surface area contributed by atoms with Gasteiger partial charge in [-0.1, -0.05) is 42.5 Å². The number of nitrogens with one attached hydrogen (secondary N) is 1. The van der Waals surface area contributed by atoms with E-state index < -0.39 is 0 Å². The monoisotopic (exact) mass is 267 g/mol. The van der Waals surface area contributed by atoms with Crippen LogP contribution in [0.25, 0.3) is 6.08 Å². The second-order valence-electron chi connectivity index (χ2n) is 4.57. The third kappa shape index (κ3) is 3.99. The van der Waals surface area contributed by atoms with Crippen molar-refractivity contribution in [1.82, 2.24) is 5.32 Å². The van der Waals surface area contributed by atoms with Gasteiger partial charge >= 0.3 is 0 Å². The molecule has 1 atom stereocenters. The van der Waals surface area contributed by atoms with Gasteiger partial charge in [-0.2, -0.15) is 0 Å². The van der Waals surface area contributed by atoms with Gasteiger partial charge in [0.1, 0.15) is 5.75 Å². The van der Waals surface area contributed by atoms with Crippen LogP contribution in [0.15, 0.2) is 60.7 Å². The lowest BCUT2D eigenvalue weighted by atomic mass is 10.1. The molecule has 0 saturated carbocycles. The zero-order chi connectivity index (χ0) is 14.4. The highest BCUT2D eigenvalue weighted by molar-refractivity contribution is 5.91. The van der Waals surface area contributed by atoms with Gasteiger partial charge in [0.15, 0.2) is 0 Å². The van der Waals surface area contributed by atoms with Crippen LogP contribution in [0, 0.1) is 0 Å². The SMILES string of the molecule is CC(NC(=O)C=Cc1ccccc1)c1cccc(O)c1. The average Bonchev–Trinajstić information content (AvgIpc) is 2.46. The number of rotatable bonds is 4. The van der Waals surface area contributed by atoms with Crippen molar-refractivity contribution in [2.24, 2.45) is 0 Å². The highest BCUT2D eigenvalue weighted by Crippen LogP contribution is 2.17. The van der Waals surface area contributed by atoms with Crippen LogP contribution in [0.1, 0.15) is 24.1 Å². The fourth-order valence-corrected chi connectivity index (χ4v) is 1.88. The van der Waals surface area contributed by atoms with Gasteiger partial charge < -0.3 is 10.4 Å². The van der Waals surface area contributed by atoms with Gasteiger partial charge in [-0.3, -0.25) is 4.79 Å². The molecule has 20 heavy (non-hydrogen) atoms. The first-order valence-corrected chi connectivity index (χ1v) is 6.48. The Morgan fingerprint density at radius 1 is 1.15 bits per heavy atom. The Hall–Kier alpha value is -2.55. The van der Waals surface area contributed by atoms with E-state index in [4.69, 9.17) is 0 Å². The molecule has 0 aromatic heterocycles. The van der Waals surface area contributed by atoms with Gasteiger partial charge in [-0.15, -0.1) is 0 Å². The second kappa shape index (κ2) is 6.57. The van der Waals surface area contributed by atoms with E-state index in [1.165, 1.54) is 6.08 Å². The Bertz CT molecular complexity index is 605. The minimum Gasteiger partial charge on any atom is -0.508 e. The maximum atomic E-state index is 11.8. The smallest absolute Gasteiger partial charge is 0.244 e. The van der Waals surface area contributed by atoms with E-state index in [0.717, 1.165) is 11.1 Å². The molecule has 0 aliphatic carbocycles. The molecule has 0 aliphatic heterocycles. The Kier molecular flexibility index (Phi) is 4.56. The number of phenols is 1. The summed E-state index contributed by atoms with van der Waals surface area (Å²) in [5.41, 5.74) is 1.85. The summed E-state index contributed by atoms with van der Waals surface area (Å²) in [5, 5.41) is 12.3. The van der Waals surface area contributed by atoms with Crippen LogP contribution >= 0.6 is 0 Å². The number of phenolic OH excluding ortho intramolecular Hbond substituents is 1. The number of aromatic hydroxyl groups is 1. The predicted octanol–water partition coefficient (Wildman–Crippen LogP) is 3.28. The van der Waals surface area contributed by atoms with Gasteiger partial charge in [0, 0.05) is 6.08 Å². The largest absolute Gasteiger partial charge is 0.508 e. The Balaban J connectivity index is 1.96. The fourth-order valence-electron chi connectivity index (χ4n) is 1.88. The first-order valence-electron chi connectivity index (χ1n) is 6.48. The average molecular weight is 267 g/mol. The first-order chi connectivity index (χ1) is 9.65. The summed E-state index contributed by atoms with van der Waals surface area (Å²) in [6.45, 7) is 1.88. The number of amides is 1. The maximum Gasteiger partial charge on any atom is 0.244 e. The van der Waals surface area contributed by atoms with Gasteiger partial charge in [0.2, 0.25) is 5.91 Å². The quantitative estimate of drug-likeness (QED) is 0.835. The molecule has 0 radical (unpaired) electrons. The Morgan fingerprint density at radius 3 is 2.60 bits per heavy atom. The normalized spacial score (nSPS) is 12.2. The molecule has 0 spiro atoms. The summed E-state index contributed by atoms with van der Waals surface area (Å²) >= 11 is 0. The molecule has 0 saturated heterocycles. The van der Waals surface area contributed by atoms with E-state index in [1.807, 2.05) is 43.3 Å². The molecular weight excluding hydrogens is 250 g/mol. The van der Waals surface area contributed by atoms with E-state index in [-0.39, 0.29) is 17.7 Å². The molecule has 1 amide bonds. The molecule has 3 heteroatoms. The minimum absolute atomic E-state index is 0.157. The molecule has 0 fully saturated rings. The van der Waals surface area contributed by atoms with Gasteiger partial charge in [0.25, 0.3) is 0 Å². The zero-order valence-corrected chi connectivity index (χ0v) is 11.3. The Morgan fingerprint density at radius 2 is 1.90 bits per heavy atom. The van der Waals surface area contributed by atoms with Crippen molar-refractivity contribution in [2.75, 3.05) is 0 Å². The third-order valence-corrected chi connectivity index (χ3v) is 2.96. The zero-order valence-electron chi connectivity index (χ0n) is 11.3. The van der Waals surface area contributed by atoms with Gasteiger partial charge in [-0.05, 0) is 36.3 Å². The van der Waals surface area contributed by atoms with Gasteiger partial charge in [-0.25, -0.2) is 0 Å². The molecule has 2 N–H and O–H groups in total. The molecule has 1 unspecified atom stereocenters. The highest BCUT2D eigenvalue weighted by Gasteiger charge is 2.07. The van der Waals surface area contributed by atoms with Crippen molar-refractivity contribution in [3.05, 3.63) is 71.8 Å². The predicted molar refractivity (Wildman–Crippen MR) is 80.1 cm³/mol. The summed E-state index contributed by atoms with van der Waals surface area (Å²) < 4.78 is 0. The number of carbonyl (C=O) groups is 1. The highest BCUT2D eigenvalue weighted by atomic mass is 16.3. The molecule has 2 aromatic rings. The summed E-state index contributed by atoms with van der Waals surface area (Å²) in [4.78, 5) is 11.8. The molecular formula is C17H17NO2. The van der Waals surface area contributed by atoms with E-state index in [0.29, 0.717) is 0 Å². The fraction of sp³-hybridized carbons (Fsp3) is 0.118. The lowest BCUT2D eigenvalue weighted by Gasteiger charge is -2.13. The van der Waals surface area contributed by atoms with Crippen molar-refractivity contribution in [3.8, 4) is 5.75 Å². The van der Waals surface area contributed by atoms with Crippen LogP contribution in [0.5, 0.6) is 5.75 Å². The second-order valence-corrected chi connectivity index (χ2v) is 4.57. The maximum absolute atomic E-state index is 11.8. The van der Waals surface area contributed by atoms with Crippen LogP contribution in [-0.2, 0) is 4.79 Å². The van der Waals surface area contributed by atoms with Crippen LogP contribution < -0.4 is 5.32 Å². The minimum atomic E-state index is -0.162. The molecule has 0 heterocycles. The van der Waals surface area contributed by atoms with Crippen LogP contribution in [0.2, 0.25) is 0 Å². The van der Waals surface area contributed by atoms with E-state index in [2.05, 4.69) is 5.32 Å². The van der Waals surface area contributed by atoms with Crippen molar-refractivity contribution >= 4 is 12.0 Å². The molecule has 0 bridgehead atoms. The molecule has 3 nitrogen and oxygen atoms in total. The van der Waals surface area contributed by atoms with Crippen LogP contribution in [0.4, 0.5) is 0 Å². The van der Waals surface area contributed by atoms with Crippen molar-refractivity contribution in [3.63, 3.8) is 0 Å². The summed E-state index contributed by atoms with van der Waals surface area (Å²) in [6.07, 6.45) is 3.28. The lowest BCUT2D eigenvalue weighted by Crippen LogP contribution is -2.24. The molecule has 0 aliphatic rings. The van der Waals surface area contributed by atoms with E-state index in [1.54, 1.807) is 24.3 Å². The summed E-state index contributed by atoms with van der Waals surface area (Å²) in [6, 6.07) is 16.4. The summed E-state index contributed by atoms with van der Waals surface area (Å²) in [5.74, 6) is 0.0353. The van der Waals surface area contributed by atoms with Crippen LogP contribution in [0.3, 0.4) is 0 Å². The van der Waals surface area contributed by atoms with Crippen molar-refractivity contribution < 1.29 is 9.90 Å². The Labute approximate surface area is 118 Å². The van der Waals surface area contributed by atoms with Crippen LogP contribution in [-0.4, -0.2) is 11.0 Å². The molecule has 2 aromatic carbocycles. The standard InChI is InChI=1S/C17H17NO2/c1-13(15-8-5-9-16(19)12-15)18-17(20)11-10-14-6-3-2-4-7-14/h2-13,19H,1H3,(H,18,20). The summed E-state index contributed by atoms with van der Waals surface area (Å²) in [7, 11) is 0.